The average Bonchev–Trinajstić information content (AvgIpc) is 3.41. The number of hydrogen-bond donors (Lipinski definition) is 0. The number of thioether (sulfide) groups is 1. The summed E-state index contributed by atoms with van der Waals surface area (Å²) in [5, 5.41) is 3.44. The van der Waals surface area contributed by atoms with Crippen LogP contribution in [0.25, 0.3) is 27.2 Å². The Morgan fingerprint density at radius 1 is 1.10 bits per heavy atom. The molecule has 1 aromatic heterocycles. The molecule has 0 radical (unpaired) electrons. The lowest BCUT2D eigenvalue weighted by Gasteiger charge is -2.37. The number of halogens is 2. The standard InChI is InChI=1S/C40H46ClFN2O3S/c1-5-26(4)17-20-44-38-32(15-16-33(41)37(38)36-27(6-2)18-19-43-21-23-48-25-34(36)43)31(39(44)40(45)46-7-3)11-9-22-47-35-12-8-10-28-24-29(42)13-14-30(28)35/h8,10,12-16,18,24,26H,5-7,9,11,17,19-23,25H2,1-4H3. The predicted octanol–water partition coefficient (Wildman–Crippen LogP) is 10.3. The smallest absolute Gasteiger partial charge is 0.355 e. The second kappa shape index (κ2) is 15.4. The van der Waals surface area contributed by atoms with E-state index in [1.165, 1.54) is 29.0 Å². The fourth-order valence-corrected chi connectivity index (χ4v) is 8.37. The molecule has 0 N–H and O–H groups in total. The van der Waals surface area contributed by atoms with Crippen LogP contribution in [-0.2, 0) is 17.7 Å². The van der Waals surface area contributed by atoms with E-state index in [-0.39, 0.29) is 11.8 Å². The predicted molar refractivity (Wildman–Crippen MR) is 199 cm³/mol. The zero-order valence-electron chi connectivity index (χ0n) is 28.5. The number of nitrogens with zero attached hydrogens (tertiary/aromatic N) is 2. The van der Waals surface area contributed by atoms with Crippen molar-refractivity contribution >= 4 is 56.6 Å². The first-order chi connectivity index (χ1) is 23.4. The number of aromatic nitrogens is 1. The van der Waals surface area contributed by atoms with Crippen LogP contribution in [0.1, 0.15) is 75.0 Å². The number of benzene rings is 3. The zero-order valence-corrected chi connectivity index (χ0v) is 30.1. The number of esters is 1. The Kier molecular flexibility index (Phi) is 11.1. The molecule has 254 valence electrons. The van der Waals surface area contributed by atoms with Crippen LogP contribution in [0.2, 0.25) is 5.02 Å². The second-order valence-corrected chi connectivity index (χ2v) is 14.3. The van der Waals surface area contributed by atoms with E-state index in [0.29, 0.717) is 49.2 Å². The molecule has 2 aliphatic rings. The summed E-state index contributed by atoms with van der Waals surface area (Å²) < 4.78 is 28.1. The number of hydrogen-bond acceptors (Lipinski definition) is 5. The van der Waals surface area contributed by atoms with Crippen molar-refractivity contribution in [2.24, 2.45) is 5.92 Å². The molecule has 1 atom stereocenters. The summed E-state index contributed by atoms with van der Waals surface area (Å²) in [6.45, 7) is 11.9. The minimum Gasteiger partial charge on any atom is -0.493 e. The van der Waals surface area contributed by atoms with E-state index in [2.05, 4.69) is 42.4 Å². The normalized spacial score (nSPS) is 15.5. The number of ether oxygens (including phenoxy) is 2. The van der Waals surface area contributed by atoms with E-state index in [4.69, 9.17) is 21.1 Å². The molecular formula is C40H46ClFN2O3S. The molecule has 4 aromatic rings. The van der Waals surface area contributed by atoms with Crippen molar-refractivity contribution in [2.45, 2.75) is 66.3 Å². The van der Waals surface area contributed by atoms with E-state index in [0.717, 1.165) is 82.4 Å². The van der Waals surface area contributed by atoms with Crippen LogP contribution in [-0.4, -0.2) is 53.2 Å². The molecule has 5 nitrogen and oxygen atoms in total. The maximum Gasteiger partial charge on any atom is 0.355 e. The summed E-state index contributed by atoms with van der Waals surface area (Å²) in [4.78, 5) is 16.4. The molecule has 2 aliphatic heterocycles. The van der Waals surface area contributed by atoms with Crippen LogP contribution >= 0.6 is 23.4 Å². The molecule has 0 saturated carbocycles. The van der Waals surface area contributed by atoms with Crippen LogP contribution in [0.5, 0.6) is 5.75 Å². The third kappa shape index (κ3) is 6.86. The van der Waals surface area contributed by atoms with Gasteiger partial charge in [0.2, 0.25) is 0 Å². The number of carbonyl (C=O) groups is 1. The highest BCUT2D eigenvalue weighted by atomic mass is 35.5. The summed E-state index contributed by atoms with van der Waals surface area (Å²) in [7, 11) is 0. The van der Waals surface area contributed by atoms with Crippen molar-refractivity contribution in [3.63, 3.8) is 0 Å². The lowest BCUT2D eigenvalue weighted by molar-refractivity contribution is 0.0512. The van der Waals surface area contributed by atoms with Crippen LogP contribution < -0.4 is 4.74 Å². The molecule has 0 aliphatic carbocycles. The van der Waals surface area contributed by atoms with Crippen LogP contribution in [0, 0.1) is 11.7 Å². The molecule has 1 unspecified atom stereocenters. The van der Waals surface area contributed by atoms with Gasteiger partial charge in [0, 0.05) is 58.7 Å². The summed E-state index contributed by atoms with van der Waals surface area (Å²) in [5.41, 5.74) is 7.55. The Balaban J connectivity index is 1.46. The van der Waals surface area contributed by atoms with Crippen molar-refractivity contribution in [3.05, 3.63) is 93.5 Å². The fourth-order valence-electron chi connectivity index (χ4n) is 7.11. The van der Waals surface area contributed by atoms with Crippen LogP contribution in [0.4, 0.5) is 4.39 Å². The molecule has 0 bridgehead atoms. The Labute approximate surface area is 293 Å². The third-order valence-electron chi connectivity index (χ3n) is 9.84. The van der Waals surface area contributed by atoms with Gasteiger partial charge in [-0.25, -0.2) is 9.18 Å². The SMILES string of the molecule is CCOC(=O)c1c(CCCOc2cccc3cc(F)ccc23)c2ccc(Cl)c(C3=C4CSCCN4CC=C3CC)c2n1CCC(C)CC. The first-order valence-corrected chi connectivity index (χ1v) is 19.0. The minimum absolute atomic E-state index is 0.267. The molecule has 3 aromatic carbocycles. The summed E-state index contributed by atoms with van der Waals surface area (Å²) in [6.07, 6.45) is 6.59. The quantitative estimate of drug-likeness (QED) is 0.103. The minimum atomic E-state index is -0.297. The number of rotatable bonds is 13. The maximum absolute atomic E-state index is 13.9. The monoisotopic (exact) mass is 688 g/mol. The topological polar surface area (TPSA) is 43.7 Å². The highest BCUT2D eigenvalue weighted by molar-refractivity contribution is 7.99. The summed E-state index contributed by atoms with van der Waals surface area (Å²) >= 11 is 9.22. The maximum atomic E-state index is 13.9. The molecule has 0 spiro atoms. The van der Waals surface area contributed by atoms with E-state index < -0.39 is 0 Å². The van der Waals surface area contributed by atoms with Gasteiger partial charge in [-0.15, -0.1) is 0 Å². The average molecular weight is 689 g/mol. The van der Waals surface area contributed by atoms with Gasteiger partial charge in [-0.2, -0.15) is 11.8 Å². The first-order valence-electron chi connectivity index (χ1n) is 17.4. The van der Waals surface area contributed by atoms with E-state index in [9.17, 15) is 9.18 Å². The van der Waals surface area contributed by atoms with Crippen molar-refractivity contribution in [3.8, 4) is 5.75 Å². The highest BCUT2D eigenvalue weighted by Crippen LogP contribution is 2.45. The van der Waals surface area contributed by atoms with Gasteiger partial charge < -0.3 is 18.9 Å². The number of carbonyl (C=O) groups excluding carboxylic acids is 1. The third-order valence-corrected chi connectivity index (χ3v) is 11.1. The number of fused-ring (bicyclic) bond motifs is 3. The van der Waals surface area contributed by atoms with Crippen molar-refractivity contribution in [2.75, 3.05) is 37.8 Å². The molecule has 0 amide bonds. The van der Waals surface area contributed by atoms with Gasteiger partial charge in [0.05, 0.1) is 23.8 Å². The zero-order chi connectivity index (χ0) is 33.8. The van der Waals surface area contributed by atoms with Crippen molar-refractivity contribution in [1.82, 2.24) is 9.47 Å². The molecule has 1 fully saturated rings. The molecule has 3 heterocycles. The summed E-state index contributed by atoms with van der Waals surface area (Å²) in [5.74, 6) is 2.72. The van der Waals surface area contributed by atoms with Crippen LogP contribution in [0.3, 0.4) is 0 Å². The molecule has 48 heavy (non-hydrogen) atoms. The largest absolute Gasteiger partial charge is 0.493 e. The van der Waals surface area contributed by atoms with Gasteiger partial charge in [0.25, 0.3) is 0 Å². The lowest BCUT2D eigenvalue weighted by atomic mass is 9.89. The Morgan fingerprint density at radius 3 is 2.73 bits per heavy atom. The second-order valence-electron chi connectivity index (χ2n) is 12.8. The van der Waals surface area contributed by atoms with Gasteiger partial charge in [-0.3, -0.25) is 0 Å². The van der Waals surface area contributed by atoms with Gasteiger partial charge in [0.1, 0.15) is 17.3 Å². The van der Waals surface area contributed by atoms with E-state index in [1.807, 2.05) is 43.0 Å². The van der Waals surface area contributed by atoms with E-state index in [1.54, 1.807) is 6.07 Å². The Hall–Kier alpha value is -3.42. The Bertz CT molecular complexity index is 1880. The lowest BCUT2D eigenvalue weighted by Crippen LogP contribution is -2.34. The first kappa shape index (κ1) is 34.4. The van der Waals surface area contributed by atoms with Gasteiger partial charge >= 0.3 is 5.97 Å². The van der Waals surface area contributed by atoms with Crippen molar-refractivity contribution < 1.29 is 18.7 Å². The highest BCUT2D eigenvalue weighted by Gasteiger charge is 2.32. The van der Waals surface area contributed by atoms with Gasteiger partial charge in [-0.1, -0.05) is 63.1 Å². The number of aryl methyl sites for hydroxylation is 2. The molecule has 1 saturated heterocycles. The van der Waals surface area contributed by atoms with Gasteiger partial charge in [-0.05, 0) is 85.4 Å². The molecule has 8 heteroatoms. The fraction of sp³-hybridized carbons (Fsp3) is 0.425. The Morgan fingerprint density at radius 2 is 1.94 bits per heavy atom. The number of allylic oxidation sites excluding steroid dienone is 2. The summed E-state index contributed by atoms with van der Waals surface area (Å²) in [6, 6.07) is 14.6. The van der Waals surface area contributed by atoms with Crippen molar-refractivity contribution in [1.29, 1.82) is 0 Å². The van der Waals surface area contributed by atoms with E-state index >= 15 is 0 Å². The molecule has 6 rings (SSSR count). The molecular weight excluding hydrogens is 643 g/mol. The van der Waals surface area contributed by atoms with Crippen LogP contribution in [0.15, 0.2) is 65.9 Å². The van der Waals surface area contributed by atoms with Gasteiger partial charge in [0.15, 0.2) is 0 Å².